The van der Waals surface area contributed by atoms with Gasteiger partial charge in [0.05, 0.1) is 5.41 Å². The van der Waals surface area contributed by atoms with Crippen LogP contribution in [0.5, 0.6) is 0 Å². The van der Waals surface area contributed by atoms with E-state index in [0.717, 1.165) is 23.8 Å². The molecule has 21 heavy (non-hydrogen) atoms. The van der Waals surface area contributed by atoms with Crippen molar-refractivity contribution in [3.8, 4) is 0 Å². The molecule has 1 N–H and O–H groups in total. The maximum atomic E-state index is 13.9. The van der Waals surface area contributed by atoms with Crippen LogP contribution in [0.15, 0.2) is 42.5 Å². The molecule has 0 spiro atoms. The van der Waals surface area contributed by atoms with E-state index in [1.54, 1.807) is 12.1 Å². The van der Waals surface area contributed by atoms with E-state index in [0.29, 0.717) is 18.4 Å². The Morgan fingerprint density at radius 2 is 1.95 bits per heavy atom. The van der Waals surface area contributed by atoms with E-state index in [9.17, 15) is 18.7 Å². The average molecular weight is 288 g/mol. The lowest BCUT2D eigenvalue weighted by Crippen LogP contribution is -2.36. The summed E-state index contributed by atoms with van der Waals surface area (Å²) in [5.41, 5.74) is 0.609. The summed E-state index contributed by atoms with van der Waals surface area (Å²) < 4.78 is 27.2. The largest absolute Gasteiger partial charge is 0.481 e. The molecule has 2 aromatic rings. The van der Waals surface area contributed by atoms with Crippen LogP contribution in [0.2, 0.25) is 0 Å². The Morgan fingerprint density at radius 1 is 1.19 bits per heavy atom. The van der Waals surface area contributed by atoms with E-state index in [1.807, 2.05) is 12.1 Å². The SMILES string of the molecule is O=C(O)C1(Cc2cc(F)ccc2F)CCc2ccccc21. The van der Waals surface area contributed by atoms with Gasteiger partial charge in [0.25, 0.3) is 0 Å². The van der Waals surface area contributed by atoms with Crippen molar-refractivity contribution in [2.75, 3.05) is 0 Å². The number of aryl methyl sites for hydroxylation is 1. The van der Waals surface area contributed by atoms with Gasteiger partial charge in [-0.25, -0.2) is 8.78 Å². The van der Waals surface area contributed by atoms with Crippen LogP contribution < -0.4 is 0 Å². The van der Waals surface area contributed by atoms with Crippen LogP contribution in [0.4, 0.5) is 8.78 Å². The molecule has 0 heterocycles. The molecule has 1 aliphatic carbocycles. The molecule has 1 unspecified atom stereocenters. The van der Waals surface area contributed by atoms with Gasteiger partial charge in [0, 0.05) is 0 Å². The number of carbonyl (C=O) groups is 1. The molecule has 0 radical (unpaired) electrons. The van der Waals surface area contributed by atoms with Gasteiger partial charge < -0.3 is 5.11 Å². The number of benzene rings is 2. The fourth-order valence-electron chi connectivity index (χ4n) is 3.17. The first-order chi connectivity index (χ1) is 10.0. The molecule has 0 bridgehead atoms. The molecule has 0 amide bonds. The van der Waals surface area contributed by atoms with Crippen LogP contribution in [-0.2, 0) is 23.1 Å². The Morgan fingerprint density at radius 3 is 2.71 bits per heavy atom. The van der Waals surface area contributed by atoms with E-state index in [1.165, 1.54) is 0 Å². The molecule has 4 heteroatoms. The van der Waals surface area contributed by atoms with Gasteiger partial charge in [0.1, 0.15) is 11.6 Å². The van der Waals surface area contributed by atoms with Gasteiger partial charge in [-0.1, -0.05) is 24.3 Å². The first-order valence-corrected chi connectivity index (χ1v) is 6.79. The summed E-state index contributed by atoms with van der Waals surface area (Å²) in [4.78, 5) is 11.9. The lowest BCUT2D eigenvalue weighted by Gasteiger charge is -2.26. The summed E-state index contributed by atoms with van der Waals surface area (Å²) in [7, 11) is 0. The van der Waals surface area contributed by atoms with Crippen molar-refractivity contribution >= 4 is 5.97 Å². The van der Waals surface area contributed by atoms with Gasteiger partial charge in [0.15, 0.2) is 0 Å². The Bertz CT molecular complexity index is 712. The van der Waals surface area contributed by atoms with Crippen molar-refractivity contribution < 1.29 is 18.7 Å². The lowest BCUT2D eigenvalue weighted by atomic mass is 9.76. The number of rotatable bonds is 3. The van der Waals surface area contributed by atoms with E-state index >= 15 is 0 Å². The van der Waals surface area contributed by atoms with Gasteiger partial charge in [-0.3, -0.25) is 4.79 Å². The highest BCUT2D eigenvalue weighted by molar-refractivity contribution is 5.83. The number of fused-ring (bicyclic) bond motifs is 1. The van der Waals surface area contributed by atoms with E-state index in [4.69, 9.17) is 0 Å². The molecular weight excluding hydrogens is 274 g/mol. The molecule has 0 aromatic heterocycles. The highest BCUT2D eigenvalue weighted by Crippen LogP contribution is 2.42. The number of carboxylic acid groups (broad SMARTS) is 1. The fraction of sp³-hybridized carbons (Fsp3) is 0.235. The third-order valence-corrected chi connectivity index (χ3v) is 4.26. The van der Waals surface area contributed by atoms with Crippen molar-refractivity contribution in [2.24, 2.45) is 0 Å². The molecule has 2 nitrogen and oxygen atoms in total. The zero-order valence-electron chi connectivity index (χ0n) is 11.3. The van der Waals surface area contributed by atoms with Crippen molar-refractivity contribution in [1.29, 1.82) is 0 Å². The van der Waals surface area contributed by atoms with E-state index < -0.39 is 23.0 Å². The first-order valence-electron chi connectivity index (χ1n) is 6.79. The van der Waals surface area contributed by atoms with Crippen molar-refractivity contribution in [3.05, 3.63) is 70.8 Å². The third-order valence-electron chi connectivity index (χ3n) is 4.26. The highest BCUT2D eigenvalue weighted by Gasteiger charge is 2.45. The molecule has 0 fully saturated rings. The van der Waals surface area contributed by atoms with Crippen LogP contribution in [0.3, 0.4) is 0 Å². The molecule has 2 aromatic carbocycles. The van der Waals surface area contributed by atoms with Gasteiger partial charge in [-0.05, 0) is 54.2 Å². The molecule has 3 rings (SSSR count). The van der Waals surface area contributed by atoms with Gasteiger partial charge in [-0.2, -0.15) is 0 Å². The second-order valence-corrected chi connectivity index (χ2v) is 5.46. The van der Waals surface area contributed by atoms with Gasteiger partial charge >= 0.3 is 5.97 Å². The zero-order chi connectivity index (χ0) is 15.0. The average Bonchev–Trinajstić information content (AvgIpc) is 2.83. The number of halogens is 2. The summed E-state index contributed by atoms with van der Waals surface area (Å²) >= 11 is 0. The molecule has 0 saturated carbocycles. The summed E-state index contributed by atoms with van der Waals surface area (Å²) in [6, 6.07) is 10.5. The number of carboxylic acids is 1. The summed E-state index contributed by atoms with van der Waals surface area (Å²) in [6.07, 6.45) is 1.000. The standard InChI is InChI=1S/C17H14F2O2/c18-13-5-6-15(19)12(9-13)10-17(16(20)21)8-7-11-3-1-2-4-14(11)17/h1-6,9H,7-8,10H2,(H,20,21). The predicted molar refractivity (Wildman–Crippen MR) is 74.1 cm³/mol. The van der Waals surface area contributed by atoms with Crippen molar-refractivity contribution in [1.82, 2.24) is 0 Å². The molecule has 108 valence electrons. The molecule has 1 atom stereocenters. The minimum Gasteiger partial charge on any atom is -0.481 e. The minimum atomic E-state index is -1.18. The number of hydrogen-bond acceptors (Lipinski definition) is 1. The van der Waals surface area contributed by atoms with E-state index in [-0.39, 0.29) is 12.0 Å². The maximum Gasteiger partial charge on any atom is 0.314 e. The monoisotopic (exact) mass is 288 g/mol. The van der Waals surface area contributed by atoms with Gasteiger partial charge in [0.2, 0.25) is 0 Å². The predicted octanol–water partition coefficient (Wildman–Crippen LogP) is 3.48. The molecule has 1 aliphatic rings. The Balaban J connectivity index is 2.09. The van der Waals surface area contributed by atoms with Crippen LogP contribution in [0.25, 0.3) is 0 Å². The van der Waals surface area contributed by atoms with Crippen LogP contribution >= 0.6 is 0 Å². The quantitative estimate of drug-likeness (QED) is 0.939. The van der Waals surface area contributed by atoms with Crippen LogP contribution in [0, 0.1) is 11.6 Å². The third kappa shape index (κ3) is 2.20. The van der Waals surface area contributed by atoms with Gasteiger partial charge in [-0.15, -0.1) is 0 Å². The maximum absolute atomic E-state index is 13.9. The molecule has 0 saturated heterocycles. The van der Waals surface area contributed by atoms with Crippen molar-refractivity contribution in [3.63, 3.8) is 0 Å². The smallest absolute Gasteiger partial charge is 0.314 e. The summed E-state index contributed by atoms with van der Waals surface area (Å²) in [5, 5.41) is 9.72. The Labute approximate surface area is 121 Å². The van der Waals surface area contributed by atoms with Crippen molar-refractivity contribution in [2.45, 2.75) is 24.7 Å². The second-order valence-electron chi connectivity index (χ2n) is 5.46. The number of hydrogen-bond donors (Lipinski definition) is 1. The normalized spacial score (nSPS) is 20.3. The Hall–Kier alpha value is -2.23. The summed E-state index contributed by atoms with van der Waals surface area (Å²) in [6.45, 7) is 0. The second kappa shape index (κ2) is 4.95. The van der Waals surface area contributed by atoms with Crippen LogP contribution in [0.1, 0.15) is 23.1 Å². The van der Waals surface area contributed by atoms with E-state index in [2.05, 4.69) is 0 Å². The fourth-order valence-corrected chi connectivity index (χ4v) is 3.17. The van der Waals surface area contributed by atoms with Crippen LogP contribution in [-0.4, -0.2) is 11.1 Å². The lowest BCUT2D eigenvalue weighted by molar-refractivity contribution is -0.143. The highest BCUT2D eigenvalue weighted by atomic mass is 19.1. The Kier molecular flexibility index (Phi) is 3.24. The topological polar surface area (TPSA) is 37.3 Å². The minimum absolute atomic E-state index is 0.0388. The summed E-state index contributed by atoms with van der Waals surface area (Å²) in [5.74, 6) is -2.12. The molecule has 0 aliphatic heterocycles. The zero-order valence-corrected chi connectivity index (χ0v) is 11.3. The number of aliphatic carboxylic acids is 1. The molecular formula is C17H14F2O2. The first kappa shape index (κ1) is 13.7.